The Kier molecular flexibility index (Phi) is 5.58. The second-order valence-corrected chi connectivity index (χ2v) is 9.84. The molecule has 4 aromatic rings. The van der Waals surface area contributed by atoms with Gasteiger partial charge in [-0.25, -0.2) is 9.37 Å². The van der Waals surface area contributed by atoms with E-state index in [0.717, 1.165) is 29.6 Å². The molecule has 2 aromatic carbocycles. The van der Waals surface area contributed by atoms with E-state index in [1.807, 2.05) is 44.8 Å². The SMILES string of the molecule is O=C(c1ccc2c(ccn2-c2ccc(F)cc2)c1)N1CC(NC2CCN(C(=O)c3cscn3)C2)C1. The second-order valence-electron chi connectivity index (χ2n) is 9.12. The summed E-state index contributed by atoms with van der Waals surface area (Å²) in [7, 11) is 0. The Bertz CT molecular complexity index is 1380. The molecule has 0 radical (unpaired) electrons. The molecule has 0 spiro atoms. The predicted octanol–water partition coefficient (Wildman–Crippen LogP) is 3.55. The van der Waals surface area contributed by atoms with Gasteiger partial charge in [-0.05, 0) is 55.0 Å². The predicted molar refractivity (Wildman–Crippen MR) is 132 cm³/mol. The van der Waals surface area contributed by atoms with Gasteiger partial charge in [-0.15, -0.1) is 11.3 Å². The van der Waals surface area contributed by atoms with Gasteiger partial charge >= 0.3 is 0 Å². The highest BCUT2D eigenvalue weighted by atomic mass is 32.1. The van der Waals surface area contributed by atoms with E-state index in [0.29, 0.717) is 30.9 Å². The van der Waals surface area contributed by atoms with Crippen molar-refractivity contribution >= 4 is 34.1 Å². The Balaban J connectivity index is 1.05. The van der Waals surface area contributed by atoms with Crippen LogP contribution in [0.3, 0.4) is 0 Å². The van der Waals surface area contributed by atoms with Gasteiger partial charge in [0.15, 0.2) is 0 Å². The van der Waals surface area contributed by atoms with Crippen molar-refractivity contribution in [1.82, 2.24) is 24.7 Å². The Labute approximate surface area is 205 Å². The summed E-state index contributed by atoms with van der Waals surface area (Å²) in [5.74, 6) is -0.259. The van der Waals surface area contributed by atoms with Crippen molar-refractivity contribution in [2.75, 3.05) is 26.2 Å². The number of likely N-dealkylation sites (tertiary alicyclic amines) is 2. The van der Waals surface area contributed by atoms with E-state index in [-0.39, 0.29) is 29.7 Å². The summed E-state index contributed by atoms with van der Waals surface area (Å²) in [6.45, 7) is 2.71. The molecule has 9 heteroatoms. The number of benzene rings is 2. The quantitative estimate of drug-likeness (QED) is 0.466. The molecule has 4 heterocycles. The van der Waals surface area contributed by atoms with Crippen molar-refractivity contribution in [3.8, 4) is 5.69 Å². The van der Waals surface area contributed by atoms with Gasteiger partial charge in [-0.1, -0.05) is 0 Å². The van der Waals surface area contributed by atoms with E-state index in [2.05, 4.69) is 10.3 Å². The maximum absolute atomic E-state index is 13.3. The average Bonchev–Trinajstić information content (AvgIpc) is 3.61. The molecule has 2 aliphatic rings. The fourth-order valence-corrected chi connectivity index (χ4v) is 5.45. The molecular weight excluding hydrogens is 465 g/mol. The molecule has 2 aromatic heterocycles. The van der Waals surface area contributed by atoms with Gasteiger partial charge in [-0.2, -0.15) is 0 Å². The van der Waals surface area contributed by atoms with Crippen LogP contribution < -0.4 is 5.32 Å². The Morgan fingerprint density at radius 1 is 0.971 bits per heavy atom. The smallest absolute Gasteiger partial charge is 0.273 e. The molecule has 0 aliphatic carbocycles. The molecule has 6 rings (SSSR count). The Hall–Kier alpha value is -3.56. The molecule has 2 fully saturated rings. The van der Waals surface area contributed by atoms with E-state index in [9.17, 15) is 14.0 Å². The van der Waals surface area contributed by atoms with Crippen molar-refractivity contribution in [2.45, 2.75) is 18.5 Å². The molecule has 1 atom stereocenters. The molecule has 0 saturated carbocycles. The first-order chi connectivity index (χ1) is 17.0. The third-order valence-corrected chi connectivity index (χ3v) is 7.40. The van der Waals surface area contributed by atoms with Gasteiger partial charge in [0.1, 0.15) is 11.5 Å². The number of carbonyl (C=O) groups is 2. The van der Waals surface area contributed by atoms with E-state index in [4.69, 9.17) is 0 Å². The van der Waals surface area contributed by atoms with Gasteiger partial charge in [0.25, 0.3) is 11.8 Å². The van der Waals surface area contributed by atoms with Crippen molar-refractivity contribution in [3.63, 3.8) is 0 Å². The van der Waals surface area contributed by atoms with Crippen LogP contribution in [0.1, 0.15) is 27.3 Å². The zero-order valence-corrected chi connectivity index (χ0v) is 19.7. The number of rotatable bonds is 5. The molecule has 35 heavy (non-hydrogen) atoms. The number of aromatic nitrogens is 2. The normalized spacial score (nSPS) is 18.3. The lowest BCUT2D eigenvalue weighted by Gasteiger charge is -2.41. The van der Waals surface area contributed by atoms with Crippen LogP contribution >= 0.6 is 11.3 Å². The van der Waals surface area contributed by atoms with E-state index >= 15 is 0 Å². The maximum Gasteiger partial charge on any atom is 0.273 e. The average molecular weight is 490 g/mol. The van der Waals surface area contributed by atoms with Crippen LogP contribution in [-0.2, 0) is 0 Å². The number of carbonyl (C=O) groups excluding carboxylic acids is 2. The topological polar surface area (TPSA) is 70.5 Å². The first-order valence-electron chi connectivity index (χ1n) is 11.6. The van der Waals surface area contributed by atoms with Gasteiger partial charge in [-0.3, -0.25) is 9.59 Å². The van der Waals surface area contributed by atoms with E-state index in [1.54, 1.807) is 23.0 Å². The zero-order valence-electron chi connectivity index (χ0n) is 18.9. The Morgan fingerprint density at radius 3 is 2.54 bits per heavy atom. The van der Waals surface area contributed by atoms with Crippen molar-refractivity contribution < 1.29 is 14.0 Å². The van der Waals surface area contributed by atoms with Gasteiger partial charge in [0.2, 0.25) is 0 Å². The third-order valence-electron chi connectivity index (χ3n) is 6.81. The number of hydrogen-bond donors (Lipinski definition) is 1. The largest absolute Gasteiger partial charge is 0.336 e. The number of thiazole rings is 1. The first kappa shape index (κ1) is 21.9. The van der Waals surface area contributed by atoms with Crippen molar-refractivity contribution in [1.29, 1.82) is 0 Å². The van der Waals surface area contributed by atoms with Crippen LogP contribution in [0, 0.1) is 5.82 Å². The fraction of sp³-hybridized carbons (Fsp3) is 0.269. The number of amides is 2. The molecule has 1 N–H and O–H groups in total. The third kappa shape index (κ3) is 4.21. The minimum atomic E-state index is -0.269. The van der Waals surface area contributed by atoms with Crippen molar-refractivity contribution in [3.05, 3.63) is 82.7 Å². The number of hydrogen-bond acceptors (Lipinski definition) is 5. The highest BCUT2D eigenvalue weighted by Crippen LogP contribution is 2.24. The van der Waals surface area contributed by atoms with Gasteiger partial charge < -0.3 is 19.7 Å². The van der Waals surface area contributed by atoms with Crippen LogP contribution in [0.2, 0.25) is 0 Å². The first-order valence-corrected chi connectivity index (χ1v) is 12.6. The summed E-state index contributed by atoms with van der Waals surface area (Å²) in [5.41, 5.74) is 4.69. The lowest BCUT2D eigenvalue weighted by molar-refractivity contribution is 0.0553. The molecule has 2 aliphatic heterocycles. The lowest BCUT2D eigenvalue weighted by atomic mass is 10.0. The molecule has 2 amide bonds. The van der Waals surface area contributed by atoms with Crippen LogP contribution in [0.25, 0.3) is 16.6 Å². The standard InChI is InChI=1S/C26H24FN5O2S/c27-19-2-4-22(5-3-19)32-10-7-17-11-18(1-6-24(17)32)25(33)31-13-21(14-31)29-20-8-9-30(12-20)26(34)23-15-35-16-28-23/h1-7,10-11,15-16,20-21,29H,8-9,12-14H2. The van der Waals surface area contributed by atoms with Crippen LogP contribution in [-0.4, -0.2) is 69.4 Å². The van der Waals surface area contributed by atoms with E-state index in [1.165, 1.54) is 23.5 Å². The van der Waals surface area contributed by atoms with Crippen LogP contribution in [0.15, 0.2) is 65.6 Å². The zero-order chi connectivity index (χ0) is 23.9. The monoisotopic (exact) mass is 489 g/mol. The highest BCUT2D eigenvalue weighted by Gasteiger charge is 2.35. The van der Waals surface area contributed by atoms with Crippen molar-refractivity contribution in [2.24, 2.45) is 0 Å². The second kappa shape index (κ2) is 8.90. The number of nitrogens with zero attached hydrogens (tertiary/aromatic N) is 4. The molecule has 7 nitrogen and oxygen atoms in total. The number of halogens is 1. The minimum Gasteiger partial charge on any atom is -0.336 e. The summed E-state index contributed by atoms with van der Waals surface area (Å²) in [6.07, 6.45) is 2.84. The van der Waals surface area contributed by atoms with Gasteiger partial charge in [0, 0.05) is 66.5 Å². The number of nitrogens with one attached hydrogen (secondary N) is 1. The summed E-state index contributed by atoms with van der Waals surface area (Å²) in [5, 5.41) is 6.35. The Morgan fingerprint density at radius 2 is 1.77 bits per heavy atom. The molecular formula is C26H24FN5O2S. The summed E-state index contributed by atoms with van der Waals surface area (Å²) in [4.78, 5) is 33.3. The minimum absolute atomic E-state index is 0.00961. The molecule has 2 saturated heterocycles. The lowest BCUT2D eigenvalue weighted by Crippen LogP contribution is -2.62. The highest BCUT2D eigenvalue weighted by molar-refractivity contribution is 7.07. The molecule has 178 valence electrons. The van der Waals surface area contributed by atoms with Crippen LogP contribution in [0.5, 0.6) is 0 Å². The molecule has 1 unspecified atom stereocenters. The maximum atomic E-state index is 13.3. The van der Waals surface area contributed by atoms with E-state index < -0.39 is 0 Å². The summed E-state index contributed by atoms with van der Waals surface area (Å²) >= 11 is 1.43. The summed E-state index contributed by atoms with van der Waals surface area (Å²) < 4.78 is 15.3. The summed E-state index contributed by atoms with van der Waals surface area (Å²) in [6, 6.07) is 14.5. The fourth-order valence-electron chi connectivity index (χ4n) is 4.93. The van der Waals surface area contributed by atoms with Gasteiger partial charge in [0.05, 0.1) is 11.0 Å². The number of fused-ring (bicyclic) bond motifs is 1. The van der Waals surface area contributed by atoms with Crippen LogP contribution in [0.4, 0.5) is 4.39 Å². The molecule has 0 bridgehead atoms.